The summed E-state index contributed by atoms with van der Waals surface area (Å²) in [6.07, 6.45) is 0. The zero-order valence-corrected chi connectivity index (χ0v) is 13.5. The topological polar surface area (TPSA) is 27.7 Å². The number of hydrogen-bond donors (Lipinski definition) is 0. The van der Waals surface area contributed by atoms with E-state index in [0.29, 0.717) is 28.9 Å². The monoisotopic (exact) mass is 356 g/mol. The number of halogens is 2. The van der Waals surface area contributed by atoms with Gasteiger partial charge in [0, 0.05) is 24.1 Å². The highest BCUT2D eigenvalue weighted by Gasteiger charge is 2.07. The van der Waals surface area contributed by atoms with E-state index in [1.807, 2.05) is 18.2 Å². The quantitative estimate of drug-likeness (QED) is 0.705. The maximum atomic E-state index is 5.84. The lowest BCUT2D eigenvalue weighted by atomic mass is 10.2. The predicted molar refractivity (Wildman–Crippen MR) is 83.3 cm³/mol. The van der Waals surface area contributed by atoms with E-state index in [4.69, 9.17) is 25.8 Å². The van der Waals surface area contributed by atoms with Crippen molar-refractivity contribution < 1.29 is 14.2 Å². The van der Waals surface area contributed by atoms with Gasteiger partial charge in [-0.1, -0.05) is 6.07 Å². The molecule has 2 rings (SSSR count). The first-order valence-corrected chi connectivity index (χ1v) is 7.24. The van der Waals surface area contributed by atoms with Crippen LogP contribution in [0.4, 0.5) is 0 Å². The molecule has 3 nitrogen and oxygen atoms in total. The van der Waals surface area contributed by atoms with Gasteiger partial charge in [0.2, 0.25) is 0 Å². The molecule has 20 heavy (non-hydrogen) atoms. The second-order valence-corrected chi connectivity index (χ2v) is 5.17. The molecule has 0 radical (unpaired) electrons. The number of methoxy groups -OCH3 is 2. The average molecular weight is 358 g/mol. The summed E-state index contributed by atoms with van der Waals surface area (Å²) in [5.41, 5.74) is 1.02. The highest BCUT2D eigenvalue weighted by molar-refractivity contribution is 9.10. The molecule has 2 aromatic rings. The van der Waals surface area contributed by atoms with Crippen molar-refractivity contribution >= 4 is 27.5 Å². The fourth-order valence-electron chi connectivity index (χ4n) is 1.68. The lowest BCUT2D eigenvalue weighted by molar-refractivity contribution is 0.386. The van der Waals surface area contributed by atoms with Gasteiger partial charge in [-0.3, -0.25) is 0 Å². The van der Waals surface area contributed by atoms with Crippen molar-refractivity contribution in [3.63, 3.8) is 0 Å². The van der Waals surface area contributed by atoms with Crippen LogP contribution in [0, 0.1) is 0 Å². The fraction of sp³-hybridized carbons (Fsp3) is 0.200. The van der Waals surface area contributed by atoms with Gasteiger partial charge in [-0.15, -0.1) is 11.6 Å². The van der Waals surface area contributed by atoms with E-state index in [1.165, 1.54) is 0 Å². The third-order valence-electron chi connectivity index (χ3n) is 2.70. The maximum absolute atomic E-state index is 5.84. The van der Waals surface area contributed by atoms with Crippen LogP contribution in [0.5, 0.6) is 23.0 Å². The molecule has 0 heterocycles. The Morgan fingerprint density at radius 1 is 0.950 bits per heavy atom. The van der Waals surface area contributed by atoms with Gasteiger partial charge in [0.1, 0.15) is 23.0 Å². The van der Waals surface area contributed by atoms with Crippen LogP contribution in [-0.2, 0) is 5.88 Å². The molecule has 2 aromatic carbocycles. The summed E-state index contributed by atoms with van der Waals surface area (Å²) in [5.74, 6) is 3.15. The van der Waals surface area contributed by atoms with Gasteiger partial charge in [0.05, 0.1) is 18.7 Å². The Morgan fingerprint density at radius 2 is 1.55 bits per heavy atom. The van der Waals surface area contributed by atoms with Gasteiger partial charge in [-0.25, -0.2) is 0 Å². The van der Waals surface area contributed by atoms with Crippen molar-refractivity contribution in [3.8, 4) is 23.0 Å². The van der Waals surface area contributed by atoms with Gasteiger partial charge in [0.15, 0.2) is 0 Å². The smallest absolute Gasteiger partial charge is 0.141 e. The van der Waals surface area contributed by atoms with Crippen LogP contribution >= 0.6 is 27.5 Å². The number of alkyl halides is 1. The number of rotatable bonds is 5. The van der Waals surface area contributed by atoms with Crippen LogP contribution in [0.3, 0.4) is 0 Å². The fourth-order valence-corrected chi connectivity index (χ4v) is 2.35. The van der Waals surface area contributed by atoms with Gasteiger partial charge >= 0.3 is 0 Å². The molecule has 0 atom stereocenters. The summed E-state index contributed by atoms with van der Waals surface area (Å²) in [7, 11) is 3.20. The van der Waals surface area contributed by atoms with Gasteiger partial charge in [-0.2, -0.15) is 0 Å². The van der Waals surface area contributed by atoms with E-state index in [1.54, 1.807) is 32.4 Å². The van der Waals surface area contributed by atoms with E-state index in [2.05, 4.69) is 15.9 Å². The number of benzene rings is 2. The predicted octanol–water partition coefficient (Wildman–Crippen LogP) is 5.00. The highest BCUT2D eigenvalue weighted by Crippen LogP contribution is 2.34. The third-order valence-corrected chi connectivity index (χ3v) is 3.63. The Bertz CT molecular complexity index is 579. The standard InChI is InChI=1S/C15H14BrClO3/c1-18-11-6-12(19-2)8-13(7-11)20-15-4-3-10(9-17)5-14(15)16/h3-8H,9H2,1-2H3. The van der Waals surface area contributed by atoms with E-state index in [0.717, 1.165) is 10.0 Å². The zero-order chi connectivity index (χ0) is 14.5. The molecule has 0 aromatic heterocycles. The molecule has 0 saturated heterocycles. The summed E-state index contributed by atoms with van der Waals surface area (Å²) in [6.45, 7) is 0. The van der Waals surface area contributed by atoms with Crippen LogP contribution < -0.4 is 14.2 Å². The average Bonchev–Trinajstić information content (AvgIpc) is 2.48. The zero-order valence-electron chi connectivity index (χ0n) is 11.2. The molecule has 0 fully saturated rings. The lowest BCUT2D eigenvalue weighted by Crippen LogP contribution is -1.91. The molecule has 5 heteroatoms. The van der Waals surface area contributed by atoms with Crippen molar-refractivity contribution in [1.82, 2.24) is 0 Å². The van der Waals surface area contributed by atoms with Gasteiger partial charge in [0.25, 0.3) is 0 Å². The van der Waals surface area contributed by atoms with Crippen molar-refractivity contribution in [1.29, 1.82) is 0 Å². The van der Waals surface area contributed by atoms with Gasteiger partial charge in [-0.05, 0) is 33.6 Å². The normalized spacial score (nSPS) is 10.2. The molecule has 0 saturated carbocycles. The van der Waals surface area contributed by atoms with Crippen LogP contribution in [0.25, 0.3) is 0 Å². The molecule has 0 spiro atoms. The SMILES string of the molecule is COc1cc(OC)cc(Oc2ccc(CCl)cc2Br)c1. The molecular weight excluding hydrogens is 344 g/mol. The number of ether oxygens (including phenoxy) is 3. The second kappa shape index (κ2) is 6.86. The summed E-state index contributed by atoms with van der Waals surface area (Å²) in [5, 5.41) is 0. The van der Waals surface area contributed by atoms with Crippen LogP contribution in [-0.4, -0.2) is 14.2 Å². The maximum Gasteiger partial charge on any atom is 0.141 e. The molecular formula is C15H14BrClO3. The summed E-state index contributed by atoms with van der Waals surface area (Å²) in [6, 6.07) is 11.1. The third kappa shape index (κ3) is 3.58. The molecule has 0 N–H and O–H groups in total. The Morgan fingerprint density at radius 3 is 2.05 bits per heavy atom. The van der Waals surface area contributed by atoms with Gasteiger partial charge < -0.3 is 14.2 Å². The van der Waals surface area contributed by atoms with Crippen molar-refractivity contribution in [2.75, 3.05) is 14.2 Å². The molecule has 0 bridgehead atoms. The second-order valence-electron chi connectivity index (χ2n) is 4.05. The Kier molecular flexibility index (Phi) is 5.15. The first-order valence-electron chi connectivity index (χ1n) is 5.91. The van der Waals surface area contributed by atoms with Crippen LogP contribution in [0.1, 0.15) is 5.56 Å². The number of hydrogen-bond acceptors (Lipinski definition) is 3. The van der Waals surface area contributed by atoms with Crippen LogP contribution in [0.15, 0.2) is 40.9 Å². The van der Waals surface area contributed by atoms with Crippen molar-refractivity contribution in [2.24, 2.45) is 0 Å². The largest absolute Gasteiger partial charge is 0.496 e. The van der Waals surface area contributed by atoms with E-state index < -0.39 is 0 Å². The molecule has 0 amide bonds. The van der Waals surface area contributed by atoms with Crippen LogP contribution in [0.2, 0.25) is 0 Å². The minimum Gasteiger partial charge on any atom is -0.496 e. The lowest BCUT2D eigenvalue weighted by Gasteiger charge is -2.11. The Labute approximate surface area is 131 Å². The Balaban J connectivity index is 2.29. The van der Waals surface area contributed by atoms with Crippen molar-refractivity contribution in [2.45, 2.75) is 5.88 Å². The first kappa shape index (κ1) is 15.0. The van der Waals surface area contributed by atoms with E-state index in [-0.39, 0.29) is 0 Å². The minimum absolute atomic E-state index is 0.464. The van der Waals surface area contributed by atoms with E-state index >= 15 is 0 Å². The minimum atomic E-state index is 0.464. The summed E-state index contributed by atoms with van der Waals surface area (Å²) < 4.78 is 17.1. The first-order chi connectivity index (χ1) is 9.66. The Hall–Kier alpha value is -1.39. The molecule has 0 aliphatic heterocycles. The molecule has 106 valence electrons. The highest BCUT2D eigenvalue weighted by atomic mass is 79.9. The summed E-state index contributed by atoms with van der Waals surface area (Å²) in [4.78, 5) is 0. The molecule has 0 aliphatic rings. The summed E-state index contributed by atoms with van der Waals surface area (Å²) >= 11 is 9.27. The van der Waals surface area contributed by atoms with Crippen molar-refractivity contribution in [3.05, 3.63) is 46.4 Å². The molecule has 0 unspecified atom stereocenters. The molecule has 0 aliphatic carbocycles. The van der Waals surface area contributed by atoms with E-state index in [9.17, 15) is 0 Å².